The summed E-state index contributed by atoms with van der Waals surface area (Å²) in [6, 6.07) is 13.8. The van der Waals surface area contributed by atoms with E-state index in [9.17, 15) is 9.59 Å². The Morgan fingerprint density at radius 3 is 1.43 bits per heavy atom. The van der Waals surface area contributed by atoms with Crippen LogP contribution in [0.3, 0.4) is 0 Å². The lowest BCUT2D eigenvalue weighted by molar-refractivity contribution is 0.0920. The molecule has 1 aromatic carbocycles. The molecule has 2 aromatic heterocycles. The van der Waals surface area contributed by atoms with Crippen LogP contribution in [0.4, 0.5) is 0 Å². The fraction of sp³-hybridized carbons (Fsp3) is 0.100. The summed E-state index contributed by atoms with van der Waals surface area (Å²) in [5.41, 5.74) is 7.81. The number of benzene rings is 1. The zero-order valence-corrected chi connectivity index (χ0v) is 15.3. The van der Waals surface area contributed by atoms with E-state index in [0.717, 1.165) is 11.1 Å². The number of amides is 2. The Labute approximate surface area is 160 Å². The second kappa shape index (κ2) is 8.63. The zero-order chi connectivity index (χ0) is 19.9. The molecule has 142 valence electrons. The lowest BCUT2D eigenvalue weighted by Gasteiger charge is -2.05. The third-order valence-electron chi connectivity index (χ3n) is 3.86. The van der Waals surface area contributed by atoms with Crippen LogP contribution in [-0.2, 0) is 0 Å². The van der Waals surface area contributed by atoms with Gasteiger partial charge in [0.1, 0.15) is 0 Å². The van der Waals surface area contributed by atoms with Crippen LogP contribution in [0.1, 0.15) is 46.1 Å². The van der Waals surface area contributed by atoms with Crippen molar-refractivity contribution in [2.24, 2.45) is 10.2 Å². The van der Waals surface area contributed by atoms with E-state index in [1.165, 1.54) is 12.5 Å². The number of furan rings is 2. The van der Waals surface area contributed by atoms with Gasteiger partial charge < -0.3 is 8.83 Å². The van der Waals surface area contributed by atoms with Crippen LogP contribution >= 0.6 is 0 Å². The number of carbonyl (C=O) groups excluding carboxylic acids is 2. The Morgan fingerprint density at radius 1 is 0.714 bits per heavy atom. The average molecular weight is 378 g/mol. The van der Waals surface area contributed by atoms with Gasteiger partial charge in [-0.15, -0.1) is 0 Å². The van der Waals surface area contributed by atoms with E-state index in [1.54, 1.807) is 38.1 Å². The van der Waals surface area contributed by atoms with Crippen molar-refractivity contribution in [2.45, 2.75) is 13.8 Å². The Hall–Kier alpha value is -3.94. The van der Waals surface area contributed by atoms with Crippen molar-refractivity contribution >= 4 is 23.2 Å². The molecule has 0 bridgehead atoms. The molecule has 0 fully saturated rings. The van der Waals surface area contributed by atoms with E-state index in [0.29, 0.717) is 11.4 Å². The zero-order valence-electron chi connectivity index (χ0n) is 15.3. The van der Waals surface area contributed by atoms with E-state index in [1.807, 2.05) is 24.3 Å². The monoisotopic (exact) mass is 378 g/mol. The van der Waals surface area contributed by atoms with Crippen LogP contribution in [-0.4, -0.2) is 23.2 Å². The number of hydrogen-bond donors (Lipinski definition) is 2. The molecule has 0 aliphatic rings. The van der Waals surface area contributed by atoms with Crippen LogP contribution < -0.4 is 10.9 Å². The summed E-state index contributed by atoms with van der Waals surface area (Å²) < 4.78 is 10.0. The smallest absolute Gasteiger partial charge is 0.307 e. The molecule has 0 saturated heterocycles. The van der Waals surface area contributed by atoms with E-state index < -0.39 is 11.8 Å². The van der Waals surface area contributed by atoms with Gasteiger partial charge in [-0.05, 0) is 49.2 Å². The van der Waals surface area contributed by atoms with Gasteiger partial charge in [0.2, 0.25) is 0 Å². The van der Waals surface area contributed by atoms with Crippen molar-refractivity contribution in [3.05, 3.63) is 83.7 Å². The van der Waals surface area contributed by atoms with Gasteiger partial charge in [0.15, 0.2) is 11.5 Å². The van der Waals surface area contributed by atoms with Gasteiger partial charge in [-0.3, -0.25) is 9.59 Å². The predicted octanol–water partition coefficient (Wildman–Crippen LogP) is 3.18. The maximum atomic E-state index is 11.8. The lowest BCUT2D eigenvalue weighted by Crippen LogP contribution is -2.19. The highest BCUT2D eigenvalue weighted by atomic mass is 16.3. The van der Waals surface area contributed by atoms with Crippen LogP contribution in [0.15, 0.2) is 80.1 Å². The molecule has 0 unspecified atom stereocenters. The maximum absolute atomic E-state index is 11.8. The first-order valence-electron chi connectivity index (χ1n) is 8.41. The molecule has 3 aromatic rings. The summed E-state index contributed by atoms with van der Waals surface area (Å²) in [6.45, 7) is 3.56. The molecule has 2 amide bonds. The quantitative estimate of drug-likeness (QED) is 0.507. The summed E-state index contributed by atoms with van der Waals surface area (Å²) in [7, 11) is 0. The van der Waals surface area contributed by atoms with Gasteiger partial charge in [-0.1, -0.05) is 24.3 Å². The number of nitrogens with zero attached hydrogens (tertiary/aromatic N) is 2. The third kappa shape index (κ3) is 4.61. The van der Waals surface area contributed by atoms with Crippen molar-refractivity contribution < 1.29 is 18.4 Å². The van der Waals surface area contributed by atoms with E-state index in [2.05, 4.69) is 21.1 Å². The van der Waals surface area contributed by atoms with E-state index >= 15 is 0 Å². The molecule has 0 atom stereocenters. The fourth-order valence-electron chi connectivity index (χ4n) is 2.28. The Kier molecular flexibility index (Phi) is 5.81. The van der Waals surface area contributed by atoms with Crippen molar-refractivity contribution in [2.75, 3.05) is 0 Å². The molecule has 28 heavy (non-hydrogen) atoms. The Bertz CT molecular complexity index is 918. The van der Waals surface area contributed by atoms with Crippen molar-refractivity contribution in [1.82, 2.24) is 10.9 Å². The second-order valence-corrected chi connectivity index (χ2v) is 5.81. The predicted molar refractivity (Wildman–Crippen MR) is 103 cm³/mol. The standard InChI is InChI=1S/C20H18N4O4/c1-13(21-23-19(25)17-5-3-11-27-17)15-7-9-16(10-8-15)14(2)22-24-20(26)18-6-4-12-28-18/h3-12H,1-2H3,(H,23,25)(H,24,26)/b21-13+,22-14+. The number of carbonyl (C=O) groups is 2. The molecular weight excluding hydrogens is 360 g/mol. The minimum Gasteiger partial charge on any atom is -0.459 e. The van der Waals surface area contributed by atoms with Crippen LogP contribution in [0.5, 0.6) is 0 Å². The summed E-state index contributed by atoms with van der Waals surface area (Å²) in [6.07, 6.45) is 2.84. The molecule has 2 N–H and O–H groups in total. The SMILES string of the molecule is C/C(=N\NC(=O)c1ccco1)c1ccc(/C(C)=N/NC(=O)c2ccco2)cc1. The molecule has 3 rings (SSSR count). The van der Waals surface area contributed by atoms with Gasteiger partial charge >= 0.3 is 11.8 Å². The van der Waals surface area contributed by atoms with Crippen LogP contribution in [0, 0.1) is 0 Å². The molecule has 0 saturated carbocycles. The maximum Gasteiger partial charge on any atom is 0.307 e. The summed E-state index contributed by atoms with van der Waals surface area (Å²) >= 11 is 0. The average Bonchev–Trinajstić information content (AvgIpc) is 3.44. The van der Waals surface area contributed by atoms with Crippen LogP contribution in [0.2, 0.25) is 0 Å². The van der Waals surface area contributed by atoms with E-state index in [4.69, 9.17) is 8.83 Å². The summed E-state index contributed by atoms with van der Waals surface area (Å²) in [5.74, 6) is -0.460. The minimum atomic E-state index is -0.420. The highest BCUT2D eigenvalue weighted by Crippen LogP contribution is 2.08. The van der Waals surface area contributed by atoms with E-state index in [-0.39, 0.29) is 11.5 Å². The number of nitrogens with one attached hydrogen (secondary N) is 2. The van der Waals surface area contributed by atoms with Gasteiger partial charge in [-0.2, -0.15) is 10.2 Å². The summed E-state index contributed by atoms with van der Waals surface area (Å²) in [4.78, 5) is 23.7. The normalized spacial score (nSPS) is 11.9. The minimum absolute atomic E-state index is 0.190. The van der Waals surface area contributed by atoms with Crippen molar-refractivity contribution in [3.8, 4) is 0 Å². The summed E-state index contributed by atoms with van der Waals surface area (Å²) in [5, 5.41) is 8.14. The highest BCUT2D eigenvalue weighted by molar-refractivity contribution is 6.03. The lowest BCUT2D eigenvalue weighted by atomic mass is 10.1. The molecule has 2 heterocycles. The van der Waals surface area contributed by atoms with Crippen molar-refractivity contribution in [1.29, 1.82) is 0 Å². The van der Waals surface area contributed by atoms with Gasteiger partial charge in [0.25, 0.3) is 0 Å². The number of hydrazone groups is 2. The number of rotatable bonds is 6. The fourth-order valence-corrected chi connectivity index (χ4v) is 2.28. The van der Waals surface area contributed by atoms with Gasteiger partial charge in [0, 0.05) is 0 Å². The molecule has 0 radical (unpaired) electrons. The third-order valence-corrected chi connectivity index (χ3v) is 3.86. The first-order valence-corrected chi connectivity index (χ1v) is 8.41. The molecule has 8 heteroatoms. The second-order valence-electron chi connectivity index (χ2n) is 5.81. The molecule has 0 aliphatic carbocycles. The first-order chi connectivity index (χ1) is 13.5. The van der Waals surface area contributed by atoms with Gasteiger partial charge in [-0.25, -0.2) is 10.9 Å². The Balaban J connectivity index is 1.62. The Morgan fingerprint density at radius 2 is 1.11 bits per heavy atom. The largest absolute Gasteiger partial charge is 0.459 e. The topological polar surface area (TPSA) is 109 Å². The molecule has 0 aliphatic heterocycles. The first kappa shape index (κ1) is 18.8. The van der Waals surface area contributed by atoms with Gasteiger partial charge in [0.05, 0.1) is 23.9 Å². The van der Waals surface area contributed by atoms with Crippen molar-refractivity contribution in [3.63, 3.8) is 0 Å². The van der Waals surface area contributed by atoms with Crippen LogP contribution in [0.25, 0.3) is 0 Å². The molecular formula is C20H18N4O4. The number of hydrogen-bond acceptors (Lipinski definition) is 6. The molecule has 8 nitrogen and oxygen atoms in total. The highest BCUT2D eigenvalue weighted by Gasteiger charge is 2.09. The molecule has 0 spiro atoms.